The topological polar surface area (TPSA) is 64.6 Å². The van der Waals surface area contributed by atoms with Gasteiger partial charge in [-0.05, 0) is 30.2 Å². The van der Waals surface area contributed by atoms with Crippen LogP contribution in [0.5, 0.6) is 0 Å². The summed E-state index contributed by atoms with van der Waals surface area (Å²) in [4.78, 5) is 11.9. The molecule has 3 aromatic heterocycles. The van der Waals surface area contributed by atoms with Gasteiger partial charge in [0.2, 0.25) is 0 Å². The second kappa shape index (κ2) is 7.23. The number of hydrogen-bond donors (Lipinski definition) is 1. The Morgan fingerprint density at radius 2 is 2.00 bits per heavy atom. The van der Waals surface area contributed by atoms with Gasteiger partial charge in [0.05, 0.1) is 27.3 Å². The van der Waals surface area contributed by atoms with Crippen LogP contribution in [0.3, 0.4) is 0 Å². The fraction of sp³-hybridized carbons (Fsp3) is 0.158. The number of rotatable bonds is 3. The van der Waals surface area contributed by atoms with Gasteiger partial charge in [0.25, 0.3) is 0 Å². The van der Waals surface area contributed by atoms with Crippen LogP contribution in [-0.2, 0) is 17.4 Å². The van der Waals surface area contributed by atoms with Crippen LogP contribution < -0.4 is 5.46 Å². The minimum atomic E-state index is -4.52. The molecule has 0 bridgehead atoms. The SMILES string of the molecule is Bc1ccc2cc([S+]([O-])CC)c(-c3[nH]c4cc(C(F)(F)F)cnc4c3Cl)nc2c1. The fourth-order valence-corrected chi connectivity index (χ4v) is 4.35. The molecule has 0 fully saturated rings. The average Bonchev–Trinajstić information content (AvgIpc) is 3.01. The highest BCUT2D eigenvalue weighted by molar-refractivity contribution is 7.91. The Morgan fingerprint density at radius 3 is 2.69 bits per heavy atom. The summed E-state index contributed by atoms with van der Waals surface area (Å²) in [6.45, 7) is 1.78. The molecule has 3 heterocycles. The molecule has 1 unspecified atom stereocenters. The molecule has 148 valence electrons. The predicted octanol–water partition coefficient (Wildman–Crippen LogP) is 3.84. The molecule has 0 aliphatic heterocycles. The number of benzene rings is 1. The van der Waals surface area contributed by atoms with Crippen molar-refractivity contribution in [3.63, 3.8) is 0 Å². The van der Waals surface area contributed by atoms with E-state index >= 15 is 0 Å². The van der Waals surface area contributed by atoms with Crippen LogP contribution in [-0.4, -0.2) is 33.1 Å². The summed E-state index contributed by atoms with van der Waals surface area (Å²) in [5, 5.41) is 0.962. The van der Waals surface area contributed by atoms with E-state index in [9.17, 15) is 17.7 Å². The van der Waals surface area contributed by atoms with Gasteiger partial charge in [0.1, 0.15) is 24.8 Å². The van der Waals surface area contributed by atoms with E-state index in [0.717, 1.165) is 23.1 Å². The van der Waals surface area contributed by atoms with Crippen LogP contribution in [0, 0.1) is 0 Å². The number of halogens is 4. The predicted molar refractivity (Wildman–Crippen MR) is 112 cm³/mol. The number of hydrogen-bond acceptors (Lipinski definition) is 3. The first kappa shape index (κ1) is 20.1. The van der Waals surface area contributed by atoms with Crippen molar-refractivity contribution in [2.75, 3.05) is 5.75 Å². The first-order chi connectivity index (χ1) is 13.7. The smallest absolute Gasteiger partial charge is 0.417 e. The summed E-state index contributed by atoms with van der Waals surface area (Å²) in [6.07, 6.45) is -3.78. The van der Waals surface area contributed by atoms with Crippen molar-refractivity contribution in [2.24, 2.45) is 0 Å². The lowest BCUT2D eigenvalue weighted by atomic mass is 9.95. The summed E-state index contributed by atoms with van der Waals surface area (Å²) >= 11 is 5.09. The monoisotopic (exact) mass is 435 g/mol. The van der Waals surface area contributed by atoms with E-state index < -0.39 is 22.9 Å². The van der Waals surface area contributed by atoms with Gasteiger partial charge in [-0.25, -0.2) is 4.98 Å². The average molecular weight is 436 g/mol. The van der Waals surface area contributed by atoms with E-state index in [1.54, 1.807) is 13.0 Å². The summed E-state index contributed by atoms with van der Waals surface area (Å²) in [6, 6.07) is 8.45. The van der Waals surface area contributed by atoms with Gasteiger partial charge in [-0.1, -0.05) is 29.2 Å². The number of nitrogens with zero attached hydrogens (tertiary/aromatic N) is 2. The standard InChI is InChI=1S/C19H14BClF3N3OS/c1-2-29(28)14-5-9-3-4-11(20)7-12(9)26-17(14)18-15(21)16-13(27-18)6-10(8-25-16)19(22,23)24/h3-8,27H,2,20H2,1H3. The molecule has 0 amide bonds. The van der Waals surface area contributed by atoms with Gasteiger partial charge in [-0.15, -0.1) is 0 Å². The van der Waals surface area contributed by atoms with E-state index in [2.05, 4.69) is 15.0 Å². The van der Waals surface area contributed by atoms with Crippen molar-refractivity contribution in [1.82, 2.24) is 15.0 Å². The molecule has 1 aromatic carbocycles. The highest BCUT2D eigenvalue weighted by atomic mass is 35.5. The molecule has 0 saturated heterocycles. The van der Waals surface area contributed by atoms with Crippen LogP contribution in [0.4, 0.5) is 13.2 Å². The lowest BCUT2D eigenvalue weighted by Crippen LogP contribution is -2.08. The zero-order valence-electron chi connectivity index (χ0n) is 15.4. The molecule has 1 atom stereocenters. The summed E-state index contributed by atoms with van der Waals surface area (Å²) in [7, 11) is 1.93. The molecule has 10 heteroatoms. The molecule has 0 radical (unpaired) electrons. The second-order valence-corrected chi connectivity index (χ2v) is 8.68. The first-order valence-electron chi connectivity index (χ1n) is 8.73. The normalized spacial score (nSPS) is 13.3. The fourth-order valence-electron chi connectivity index (χ4n) is 3.13. The maximum atomic E-state index is 13.0. The molecule has 0 aliphatic carbocycles. The molecule has 1 N–H and O–H groups in total. The summed E-state index contributed by atoms with van der Waals surface area (Å²) in [5.41, 5.74) is 1.78. The van der Waals surface area contributed by atoms with Crippen molar-refractivity contribution >= 4 is 58.0 Å². The van der Waals surface area contributed by atoms with Crippen LogP contribution in [0.2, 0.25) is 5.02 Å². The Kier molecular flexibility index (Phi) is 5.00. The Hall–Kier alpha value is -2.23. The van der Waals surface area contributed by atoms with Gasteiger partial charge < -0.3 is 9.54 Å². The zero-order chi connectivity index (χ0) is 20.9. The molecule has 4 nitrogen and oxygen atoms in total. The largest absolute Gasteiger partial charge is 0.611 e. The number of pyridine rings is 2. The van der Waals surface area contributed by atoms with Crippen molar-refractivity contribution in [1.29, 1.82) is 0 Å². The molecule has 0 aliphatic rings. The van der Waals surface area contributed by atoms with Gasteiger partial charge in [0, 0.05) is 17.6 Å². The molecule has 0 saturated carbocycles. The first-order valence-corrected chi connectivity index (χ1v) is 10.4. The number of aromatic nitrogens is 3. The number of fused-ring (bicyclic) bond motifs is 2. The Balaban J connectivity index is 1.99. The van der Waals surface area contributed by atoms with E-state index in [1.165, 1.54) is 0 Å². The highest BCUT2D eigenvalue weighted by Crippen LogP contribution is 2.38. The number of alkyl halides is 3. The lowest BCUT2D eigenvalue weighted by molar-refractivity contribution is -0.137. The third kappa shape index (κ3) is 3.58. The van der Waals surface area contributed by atoms with Gasteiger partial charge >= 0.3 is 6.18 Å². The van der Waals surface area contributed by atoms with Crippen molar-refractivity contribution < 1.29 is 17.7 Å². The van der Waals surface area contributed by atoms with Gasteiger partial charge in [0.15, 0.2) is 4.90 Å². The van der Waals surface area contributed by atoms with Crippen molar-refractivity contribution in [3.8, 4) is 11.4 Å². The van der Waals surface area contributed by atoms with E-state index in [1.807, 2.05) is 26.0 Å². The Labute approximate surface area is 173 Å². The highest BCUT2D eigenvalue weighted by Gasteiger charge is 2.32. The quantitative estimate of drug-likeness (QED) is 0.393. The molecule has 0 spiro atoms. The molecular weight excluding hydrogens is 422 g/mol. The van der Waals surface area contributed by atoms with Gasteiger partial charge in [-0.3, -0.25) is 4.98 Å². The Bertz CT molecular complexity index is 1250. The van der Waals surface area contributed by atoms with E-state index in [-0.39, 0.29) is 16.1 Å². The molecule has 4 aromatic rings. The number of H-pyrrole nitrogens is 1. The number of nitrogens with one attached hydrogen (secondary N) is 1. The molecule has 4 rings (SSSR count). The van der Waals surface area contributed by atoms with Gasteiger partial charge in [-0.2, -0.15) is 13.2 Å². The van der Waals surface area contributed by atoms with Crippen LogP contribution in [0.25, 0.3) is 33.3 Å². The van der Waals surface area contributed by atoms with Crippen molar-refractivity contribution in [3.05, 3.63) is 47.1 Å². The minimum absolute atomic E-state index is 0.138. The van der Waals surface area contributed by atoms with E-state index in [4.69, 9.17) is 11.6 Å². The van der Waals surface area contributed by atoms with Crippen molar-refractivity contribution in [2.45, 2.75) is 18.0 Å². The summed E-state index contributed by atoms with van der Waals surface area (Å²) < 4.78 is 51.8. The maximum Gasteiger partial charge on any atom is 0.417 e. The zero-order valence-corrected chi connectivity index (χ0v) is 17.0. The Morgan fingerprint density at radius 1 is 1.24 bits per heavy atom. The number of aromatic amines is 1. The van der Waals surface area contributed by atoms with Crippen LogP contribution in [0.15, 0.2) is 41.4 Å². The molecule has 29 heavy (non-hydrogen) atoms. The van der Waals surface area contributed by atoms with Crippen LogP contribution >= 0.6 is 11.6 Å². The second-order valence-electron chi connectivity index (χ2n) is 6.60. The third-order valence-corrected chi connectivity index (χ3v) is 6.28. The van der Waals surface area contributed by atoms with Crippen LogP contribution in [0.1, 0.15) is 12.5 Å². The molecular formula is C19H14BClF3N3OS. The lowest BCUT2D eigenvalue weighted by Gasteiger charge is -2.13. The minimum Gasteiger partial charge on any atom is -0.611 e. The van der Waals surface area contributed by atoms with E-state index in [0.29, 0.717) is 27.6 Å². The summed E-state index contributed by atoms with van der Waals surface area (Å²) in [5.74, 6) is 0.361. The maximum absolute atomic E-state index is 13.0. The third-order valence-electron chi connectivity index (χ3n) is 4.58.